The molecule has 0 aliphatic carbocycles. The fourth-order valence-corrected chi connectivity index (χ4v) is 3.21. The maximum Gasteiger partial charge on any atom is 0.124 e. The van der Waals surface area contributed by atoms with Crippen LogP contribution in [-0.2, 0) is 12.8 Å². The summed E-state index contributed by atoms with van der Waals surface area (Å²) in [6.45, 7) is 1.96. The maximum absolute atomic E-state index is 13.0. The quantitative estimate of drug-likeness (QED) is 0.799. The number of hydrogen-bond donors (Lipinski definition) is 0. The number of aryl methyl sites for hydroxylation is 2. The molecule has 0 radical (unpaired) electrons. The Kier molecular flexibility index (Phi) is 3.89. The van der Waals surface area contributed by atoms with Crippen molar-refractivity contribution >= 4 is 27.7 Å². The molecule has 2 nitrogen and oxygen atoms in total. The van der Waals surface area contributed by atoms with Crippen LogP contribution in [0.5, 0.6) is 0 Å². The van der Waals surface area contributed by atoms with Crippen LogP contribution in [0.1, 0.15) is 11.4 Å². The van der Waals surface area contributed by atoms with Crippen molar-refractivity contribution in [1.82, 2.24) is 9.78 Å². The summed E-state index contributed by atoms with van der Waals surface area (Å²) >= 11 is 5.12. The summed E-state index contributed by atoms with van der Waals surface area (Å²) in [5.74, 6) is 0.566. The number of aromatic nitrogens is 2. The van der Waals surface area contributed by atoms with E-state index in [0.29, 0.717) is 0 Å². The zero-order chi connectivity index (χ0) is 12.4. The van der Waals surface area contributed by atoms with Gasteiger partial charge in [-0.1, -0.05) is 6.07 Å². The summed E-state index contributed by atoms with van der Waals surface area (Å²) in [6.07, 6.45) is 0. The van der Waals surface area contributed by atoms with E-state index in [1.807, 2.05) is 24.7 Å². The van der Waals surface area contributed by atoms with Gasteiger partial charge in [0.1, 0.15) is 5.82 Å². The second kappa shape index (κ2) is 5.23. The van der Waals surface area contributed by atoms with Gasteiger partial charge in [-0.15, -0.1) is 11.8 Å². The van der Waals surface area contributed by atoms with Crippen LogP contribution in [-0.4, -0.2) is 9.78 Å². The maximum atomic E-state index is 13.0. The van der Waals surface area contributed by atoms with E-state index in [4.69, 9.17) is 0 Å². The predicted molar refractivity (Wildman–Crippen MR) is 71.6 cm³/mol. The van der Waals surface area contributed by atoms with Crippen LogP contribution in [0.4, 0.5) is 4.39 Å². The lowest BCUT2D eigenvalue weighted by molar-refractivity contribution is 0.624. The Morgan fingerprint density at radius 1 is 1.47 bits per heavy atom. The summed E-state index contributed by atoms with van der Waals surface area (Å²) in [4.78, 5) is 0.927. The molecule has 17 heavy (non-hydrogen) atoms. The standard InChI is InChI=1S/C12H12BrFN2S/c1-8-12(13)11(16(2)15-8)7-17-10-5-3-4-9(14)6-10/h3-6H,7H2,1-2H3. The Morgan fingerprint density at radius 2 is 2.24 bits per heavy atom. The molecule has 1 heterocycles. The van der Waals surface area contributed by atoms with Crippen LogP contribution in [0.15, 0.2) is 33.6 Å². The van der Waals surface area contributed by atoms with Crippen LogP contribution in [0.25, 0.3) is 0 Å². The van der Waals surface area contributed by atoms with E-state index >= 15 is 0 Å². The third kappa shape index (κ3) is 2.90. The minimum atomic E-state index is -0.199. The second-order valence-electron chi connectivity index (χ2n) is 3.72. The molecule has 0 aliphatic heterocycles. The van der Waals surface area contributed by atoms with Crippen molar-refractivity contribution in [2.24, 2.45) is 7.05 Å². The highest BCUT2D eigenvalue weighted by molar-refractivity contribution is 9.10. The van der Waals surface area contributed by atoms with Gasteiger partial charge in [0, 0.05) is 17.7 Å². The van der Waals surface area contributed by atoms with Crippen LogP contribution >= 0.6 is 27.7 Å². The lowest BCUT2D eigenvalue weighted by atomic mass is 10.3. The van der Waals surface area contributed by atoms with E-state index in [-0.39, 0.29) is 5.82 Å². The highest BCUT2D eigenvalue weighted by Gasteiger charge is 2.10. The highest BCUT2D eigenvalue weighted by Crippen LogP contribution is 2.28. The fraction of sp³-hybridized carbons (Fsp3) is 0.250. The van der Waals surface area contributed by atoms with Crippen LogP contribution in [0, 0.1) is 12.7 Å². The number of halogens is 2. The average molecular weight is 315 g/mol. The van der Waals surface area contributed by atoms with Gasteiger partial charge in [-0.2, -0.15) is 5.10 Å². The first kappa shape index (κ1) is 12.6. The number of thioether (sulfide) groups is 1. The smallest absolute Gasteiger partial charge is 0.124 e. The molecule has 0 amide bonds. The Bertz CT molecular complexity index is 539. The van der Waals surface area contributed by atoms with Crippen molar-refractivity contribution in [2.75, 3.05) is 0 Å². The van der Waals surface area contributed by atoms with Crippen molar-refractivity contribution in [3.05, 3.63) is 45.9 Å². The van der Waals surface area contributed by atoms with Crippen LogP contribution in [0.3, 0.4) is 0 Å². The Morgan fingerprint density at radius 3 is 2.82 bits per heavy atom. The fourth-order valence-electron chi connectivity index (χ4n) is 1.55. The third-order valence-corrected chi connectivity index (χ3v) is 4.47. The summed E-state index contributed by atoms with van der Waals surface area (Å²) in [6, 6.07) is 6.63. The van der Waals surface area contributed by atoms with Crippen LogP contribution in [0.2, 0.25) is 0 Å². The van der Waals surface area contributed by atoms with Gasteiger partial charge in [-0.05, 0) is 41.1 Å². The Labute approximate surface area is 112 Å². The van der Waals surface area contributed by atoms with E-state index in [9.17, 15) is 4.39 Å². The molecule has 2 aromatic rings. The first-order chi connectivity index (χ1) is 8.08. The van der Waals surface area contributed by atoms with Crippen molar-refractivity contribution < 1.29 is 4.39 Å². The first-order valence-electron chi connectivity index (χ1n) is 5.14. The number of rotatable bonds is 3. The van der Waals surface area contributed by atoms with Crippen LogP contribution < -0.4 is 0 Å². The third-order valence-electron chi connectivity index (χ3n) is 2.43. The molecule has 2 rings (SSSR count). The van der Waals surface area contributed by atoms with Gasteiger partial charge in [0.05, 0.1) is 15.9 Å². The highest BCUT2D eigenvalue weighted by atomic mass is 79.9. The van der Waals surface area contributed by atoms with Gasteiger partial charge in [0.25, 0.3) is 0 Å². The van der Waals surface area contributed by atoms with Gasteiger partial charge in [-0.3, -0.25) is 4.68 Å². The summed E-state index contributed by atoms with van der Waals surface area (Å²) in [7, 11) is 1.92. The van der Waals surface area contributed by atoms with E-state index in [0.717, 1.165) is 26.5 Å². The normalized spacial score (nSPS) is 10.8. The molecule has 0 atom stereocenters. The first-order valence-corrected chi connectivity index (χ1v) is 6.92. The molecule has 1 aromatic heterocycles. The molecule has 0 spiro atoms. The number of hydrogen-bond acceptors (Lipinski definition) is 2. The van der Waals surface area contributed by atoms with Gasteiger partial charge < -0.3 is 0 Å². The lowest BCUT2D eigenvalue weighted by Crippen LogP contribution is -1.96. The molecule has 5 heteroatoms. The van der Waals surface area contributed by atoms with E-state index in [2.05, 4.69) is 21.0 Å². The lowest BCUT2D eigenvalue weighted by Gasteiger charge is -2.03. The van der Waals surface area contributed by atoms with Gasteiger partial charge in [0.2, 0.25) is 0 Å². The minimum Gasteiger partial charge on any atom is -0.270 e. The Hall–Kier alpha value is -0.810. The van der Waals surface area contributed by atoms with Crippen molar-refractivity contribution in [2.45, 2.75) is 17.6 Å². The summed E-state index contributed by atoms with van der Waals surface area (Å²) in [5, 5.41) is 4.32. The Balaban J connectivity index is 2.12. The zero-order valence-electron chi connectivity index (χ0n) is 9.58. The number of nitrogens with zero attached hydrogens (tertiary/aromatic N) is 2. The minimum absolute atomic E-state index is 0.199. The predicted octanol–water partition coefficient (Wildman–Crippen LogP) is 3.92. The molecule has 1 aromatic carbocycles. The zero-order valence-corrected chi connectivity index (χ0v) is 12.0. The van der Waals surface area contributed by atoms with Crippen molar-refractivity contribution in [3.63, 3.8) is 0 Å². The van der Waals surface area contributed by atoms with Crippen molar-refractivity contribution in [3.8, 4) is 0 Å². The molecule has 0 bridgehead atoms. The molecule has 0 saturated carbocycles. The van der Waals surface area contributed by atoms with Gasteiger partial charge in [-0.25, -0.2) is 4.39 Å². The molecule has 90 valence electrons. The molecular formula is C12H12BrFN2S. The van der Waals surface area contributed by atoms with Gasteiger partial charge in [0.15, 0.2) is 0 Å². The van der Waals surface area contributed by atoms with Gasteiger partial charge >= 0.3 is 0 Å². The molecular weight excluding hydrogens is 303 g/mol. The largest absolute Gasteiger partial charge is 0.270 e. The molecule has 0 unspecified atom stereocenters. The topological polar surface area (TPSA) is 17.8 Å². The van der Waals surface area contributed by atoms with Crippen molar-refractivity contribution in [1.29, 1.82) is 0 Å². The molecule has 0 saturated heterocycles. The molecule has 0 aliphatic rings. The summed E-state index contributed by atoms with van der Waals surface area (Å²) < 4.78 is 15.9. The molecule has 0 fully saturated rings. The summed E-state index contributed by atoms with van der Waals surface area (Å²) in [5.41, 5.74) is 2.08. The van der Waals surface area contributed by atoms with E-state index < -0.39 is 0 Å². The van der Waals surface area contributed by atoms with E-state index in [1.54, 1.807) is 23.9 Å². The average Bonchev–Trinajstić information content (AvgIpc) is 2.51. The SMILES string of the molecule is Cc1nn(C)c(CSc2cccc(F)c2)c1Br. The monoisotopic (exact) mass is 314 g/mol. The number of benzene rings is 1. The van der Waals surface area contributed by atoms with E-state index in [1.165, 1.54) is 6.07 Å². The second-order valence-corrected chi connectivity index (χ2v) is 5.56. The molecule has 0 N–H and O–H groups in total.